The molecular formula is C25H41N3O7. The number of hydrogen-bond acceptors (Lipinski definition) is 10. The topological polar surface area (TPSA) is 134 Å². The highest BCUT2D eigenvalue weighted by atomic mass is 16.8. The van der Waals surface area contributed by atoms with Crippen molar-refractivity contribution in [3.8, 4) is 0 Å². The Hall–Kier alpha value is -1.18. The molecule has 1 aromatic rings. The van der Waals surface area contributed by atoms with Crippen molar-refractivity contribution < 1.29 is 34.3 Å². The molecule has 1 aliphatic carbocycles. The van der Waals surface area contributed by atoms with Crippen LogP contribution >= 0.6 is 0 Å². The monoisotopic (exact) mass is 495 g/mol. The zero-order valence-corrected chi connectivity index (χ0v) is 21.0. The quantitative estimate of drug-likeness (QED) is 0.240. The summed E-state index contributed by atoms with van der Waals surface area (Å²) < 4.78 is 24.1. The molecule has 2 aliphatic heterocycles. The van der Waals surface area contributed by atoms with Crippen LogP contribution in [-0.2, 0) is 25.4 Å². The third-order valence-electron chi connectivity index (χ3n) is 7.67. The number of aliphatic hydroxyl groups excluding tert-OH is 1. The number of benzene rings is 1. The van der Waals surface area contributed by atoms with E-state index in [2.05, 4.69) is 28.1 Å². The number of rotatable bonds is 9. The van der Waals surface area contributed by atoms with Gasteiger partial charge in [0.2, 0.25) is 12.1 Å². The van der Waals surface area contributed by atoms with Crippen LogP contribution in [-0.4, -0.2) is 110 Å². The Bertz CT molecular complexity index is 820. The summed E-state index contributed by atoms with van der Waals surface area (Å²) in [6, 6.07) is 9.21. The molecule has 0 aromatic heterocycles. The highest BCUT2D eigenvalue weighted by molar-refractivity contribution is 5.15. The van der Waals surface area contributed by atoms with Crippen LogP contribution in [0.15, 0.2) is 30.3 Å². The summed E-state index contributed by atoms with van der Waals surface area (Å²) in [5, 5.41) is 43.9. The van der Waals surface area contributed by atoms with Crippen LogP contribution in [0.4, 0.5) is 0 Å². The molecule has 2 saturated heterocycles. The summed E-state index contributed by atoms with van der Waals surface area (Å²) in [5.41, 5.74) is -0.415. The van der Waals surface area contributed by atoms with Crippen molar-refractivity contribution in [2.75, 3.05) is 34.3 Å². The Morgan fingerprint density at radius 2 is 1.77 bits per heavy atom. The highest BCUT2D eigenvalue weighted by Crippen LogP contribution is 2.46. The van der Waals surface area contributed by atoms with Crippen molar-refractivity contribution in [1.82, 2.24) is 16.0 Å². The smallest absolute Gasteiger partial charge is 0.249 e. The maximum Gasteiger partial charge on any atom is 0.249 e. The van der Waals surface area contributed by atoms with Crippen molar-refractivity contribution in [2.45, 2.75) is 86.5 Å². The van der Waals surface area contributed by atoms with Gasteiger partial charge < -0.3 is 50.2 Å². The number of fused-ring (bicyclic) bond motifs is 2. The summed E-state index contributed by atoms with van der Waals surface area (Å²) >= 11 is 0. The lowest BCUT2D eigenvalue weighted by Crippen LogP contribution is -2.81. The van der Waals surface area contributed by atoms with Crippen molar-refractivity contribution in [2.24, 2.45) is 0 Å². The van der Waals surface area contributed by atoms with Gasteiger partial charge in [0.1, 0.15) is 23.9 Å². The maximum absolute atomic E-state index is 11.8. The molecule has 10 nitrogen and oxygen atoms in total. The molecule has 0 amide bonds. The standard InChI is InChI=1S/C25H41N3O7/c1-15-13-24(30,14-28-12-8-11-16-9-6-5-7-10-16)25(31)23(33-15)34-22-20(32-4)17(26-2)19(29)18(27-3)21(22)35-25/h5-7,9-10,15,17-23,26-31H,8,11-14H2,1-4H3/t15-,17-,18+,19+,20+,21-,22?,23+,24-,25-/m1/s1. The maximum atomic E-state index is 11.8. The predicted octanol–water partition coefficient (Wildman–Crippen LogP) is -0.887. The minimum atomic E-state index is -2.13. The van der Waals surface area contributed by atoms with Gasteiger partial charge in [-0.05, 0) is 46.0 Å². The van der Waals surface area contributed by atoms with Crippen LogP contribution in [0.25, 0.3) is 0 Å². The lowest BCUT2D eigenvalue weighted by atomic mass is 9.77. The Morgan fingerprint density at radius 3 is 2.43 bits per heavy atom. The molecule has 35 heavy (non-hydrogen) atoms. The van der Waals surface area contributed by atoms with E-state index in [1.54, 1.807) is 21.2 Å². The van der Waals surface area contributed by atoms with E-state index in [4.69, 9.17) is 18.9 Å². The van der Waals surface area contributed by atoms with Gasteiger partial charge in [-0.2, -0.15) is 0 Å². The molecule has 6 N–H and O–H groups in total. The van der Waals surface area contributed by atoms with Crippen LogP contribution < -0.4 is 16.0 Å². The fourth-order valence-electron chi connectivity index (χ4n) is 5.84. The summed E-state index contributed by atoms with van der Waals surface area (Å²) in [6.07, 6.45) is -2.50. The Labute approximate surface area is 207 Å². The Kier molecular flexibility index (Phi) is 8.49. The van der Waals surface area contributed by atoms with E-state index < -0.39 is 54.2 Å². The van der Waals surface area contributed by atoms with E-state index in [0.717, 1.165) is 12.8 Å². The minimum Gasteiger partial charge on any atom is -0.390 e. The number of hydrogen-bond donors (Lipinski definition) is 6. The van der Waals surface area contributed by atoms with Gasteiger partial charge in [0.05, 0.1) is 24.3 Å². The van der Waals surface area contributed by atoms with Crippen molar-refractivity contribution in [1.29, 1.82) is 0 Å². The van der Waals surface area contributed by atoms with Gasteiger partial charge in [0.15, 0.2) is 0 Å². The number of aryl methyl sites for hydroxylation is 1. The lowest BCUT2D eigenvalue weighted by molar-refractivity contribution is -0.482. The van der Waals surface area contributed by atoms with Crippen molar-refractivity contribution in [3.05, 3.63) is 35.9 Å². The van der Waals surface area contributed by atoms with E-state index in [1.165, 1.54) is 5.56 Å². The number of nitrogens with one attached hydrogen (secondary N) is 3. The first-order valence-electron chi connectivity index (χ1n) is 12.5. The Morgan fingerprint density at radius 1 is 1.06 bits per heavy atom. The number of ether oxygens (including phenoxy) is 4. The molecule has 0 bridgehead atoms. The molecule has 2 heterocycles. The van der Waals surface area contributed by atoms with Gasteiger partial charge in [-0.25, -0.2) is 0 Å². The minimum absolute atomic E-state index is 0.100. The van der Waals surface area contributed by atoms with Gasteiger partial charge in [0.25, 0.3) is 0 Å². The summed E-state index contributed by atoms with van der Waals surface area (Å²) in [5.74, 6) is -2.13. The van der Waals surface area contributed by atoms with Gasteiger partial charge in [-0.3, -0.25) is 0 Å². The molecule has 0 radical (unpaired) electrons. The van der Waals surface area contributed by atoms with Crippen LogP contribution in [0.5, 0.6) is 0 Å². The second-order valence-corrected chi connectivity index (χ2v) is 9.98. The normalized spacial score (nSPS) is 43.4. The van der Waals surface area contributed by atoms with Gasteiger partial charge in [0, 0.05) is 20.1 Å². The average Bonchev–Trinajstić information content (AvgIpc) is 2.84. The van der Waals surface area contributed by atoms with E-state index in [0.29, 0.717) is 6.54 Å². The molecule has 198 valence electrons. The lowest BCUT2D eigenvalue weighted by Gasteiger charge is -2.60. The molecule has 10 atom stereocenters. The van der Waals surface area contributed by atoms with E-state index >= 15 is 0 Å². The second kappa shape index (κ2) is 11.1. The van der Waals surface area contributed by atoms with E-state index in [-0.39, 0.29) is 19.1 Å². The number of likely N-dealkylation sites (N-methyl/N-ethyl adjacent to an activating group) is 2. The third kappa shape index (κ3) is 5.02. The first kappa shape index (κ1) is 26.9. The first-order valence-corrected chi connectivity index (χ1v) is 12.5. The SMILES string of the molecule is CN[C@@H]1[C@H](O)[C@H](NC)[C@H]2O[C@]3(O)[C@H](OC2[C@H]1OC)O[C@H](C)C[C@@]3(O)CNCCCc1ccccc1. The molecule has 0 spiro atoms. The Balaban J connectivity index is 1.49. The fraction of sp³-hybridized carbons (Fsp3) is 0.760. The molecular weight excluding hydrogens is 454 g/mol. The first-order chi connectivity index (χ1) is 16.8. The summed E-state index contributed by atoms with van der Waals surface area (Å²) in [4.78, 5) is 0. The van der Waals surface area contributed by atoms with E-state index in [1.807, 2.05) is 25.1 Å². The second-order valence-electron chi connectivity index (χ2n) is 9.98. The van der Waals surface area contributed by atoms with Crippen molar-refractivity contribution >= 4 is 0 Å². The largest absolute Gasteiger partial charge is 0.390 e. The van der Waals surface area contributed by atoms with Crippen LogP contribution in [0, 0.1) is 0 Å². The van der Waals surface area contributed by atoms with Crippen molar-refractivity contribution in [3.63, 3.8) is 0 Å². The number of aliphatic hydroxyl groups is 3. The average molecular weight is 496 g/mol. The predicted molar refractivity (Wildman–Crippen MR) is 129 cm³/mol. The third-order valence-corrected chi connectivity index (χ3v) is 7.67. The highest BCUT2D eigenvalue weighted by Gasteiger charge is 2.68. The van der Waals surface area contributed by atoms with Crippen LogP contribution in [0.3, 0.4) is 0 Å². The van der Waals surface area contributed by atoms with Crippen LogP contribution in [0.2, 0.25) is 0 Å². The molecule has 10 heteroatoms. The molecule has 3 fully saturated rings. The molecule has 4 rings (SSSR count). The molecule has 1 unspecified atom stereocenters. The fourth-order valence-corrected chi connectivity index (χ4v) is 5.84. The molecule has 1 aromatic carbocycles. The molecule has 3 aliphatic rings. The van der Waals surface area contributed by atoms with Gasteiger partial charge in [-0.1, -0.05) is 30.3 Å². The zero-order chi connectivity index (χ0) is 25.2. The van der Waals surface area contributed by atoms with Crippen LogP contribution in [0.1, 0.15) is 25.3 Å². The number of methoxy groups -OCH3 is 1. The van der Waals surface area contributed by atoms with Gasteiger partial charge >= 0.3 is 0 Å². The van der Waals surface area contributed by atoms with Gasteiger partial charge in [-0.15, -0.1) is 0 Å². The summed E-state index contributed by atoms with van der Waals surface area (Å²) in [6.45, 7) is 2.59. The zero-order valence-electron chi connectivity index (χ0n) is 21.0. The molecule has 1 saturated carbocycles. The van der Waals surface area contributed by atoms with E-state index in [9.17, 15) is 15.3 Å². The summed E-state index contributed by atoms with van der Waals surface area (Å²) in [7, 11) is 5.00.